The standard InChI is InChI=1S/C14H22N4OS/c1-10(2)19-13-6-5-11(8-16-17-14(15)20)7-12(13)9-18(3)4/h5-8,10H,9H2,1-4H3,(H3,15,17,20). The fourth-order valence-corrected chi connectivity index (χ4v) is 1.74. The van der Waals surface area contributed by atoms with E-state index >= 15 is 0 Å². The fourth-order valence-electron chi connectivity index (χ4n) is 1.68. The lowest BCUT2D eigenvalue weighted by Gasteiger charge is -2.17. The molecule has 20 heavy (non-hydrogen) atoms. The van der Waals surface area contributed by atoms with Crippen molar-refractivity contribution in [2.75, 3.05) is 14.1 Å². The minimum atomic E-state index is 0.145. The van der Waals surface area contributed by atoms with E-state index in [0.717, 1.165) is 23.4 Å². The molecule has 5 nitrogen and oxygen atoms in total. The van der Waals surface area contributed by atoms with Crippen molar-refractivity contribution < 1.29 is 4.74 Å². The Bertz CT molecular complexity index is 486. The number of thiocarbonyl (C=S) groups is 1. The molecule has 0 aliphatic rings. The highest BCUT2D eigenvalue weighted by Gasteiger charge is 2.07. The minimum Gasteiger partial charge on any atom is -0.491 e. The van der Waals surface area contributed by atoms with Gasteiger partial charge in [0.25, 0.3) is 0 Å². The van der Waals surface area contributed by atoms with Crippen LogP contribution in [-0.4, -0.2) is 36.4 Å². The first kappa shape index (κ1) is 16.4. The molecule has 0 aliphatic carbocycles. The van der Waals surface area contributed by atoms with Crippen LogP contribution in [0.4, 0.5) is 0 Å². The second-order valence-electron chi connectivity index (χ2n) is 5.01. The first-order chi connectivity index (χ1) is 9.38. The van der Waals surface area contributed by atoms with Crippen molar-refractivity contribution in [2.45, 2.75) is 26.5 Å². The van der Waals surface area contributed by atoms with Gasteiger partial charge < -0.3 is 15.4 Å². The average Bonchev–Trinajstić information content (AvgIpc) is 2.30. The molecule has 1 aromatic rings. The van der Waals surface area contributed by atoms with Gasteiger partial charge in [-0.3, -0.25) is 5.43 Å². The van der Waals surface area contributed by atoms with Crippen molar-refractivity contribution in [2.24, 2.45) is 10.8 Å². The monoisotopic (exact) mass is 294 g/mol. The van der Waals surface area contributed by atoms with Crippen LogP contribution in [0, 0.1) is 0 Å². The highest BCUT2D eigenvalue weighted by molar-refractivity contribution is 7.80. The summed E-state index contributed by atoms with van der Waals surface area (Å²) in [6, 6.07) is 5.95. The first-order valence-corrected chi connectivity index (χ1v) is 6.82. The van der Waals surface area contributed by atoms with E-state index in [1.165, 1.54) is 0 Å². The van der Waals surface area contributed by atoms with Gasteiger partial charge >= 0.3 is 0 Å². The van der Waals surface area contributed by atoms with Gasteiger partial charge in [-0.15, -0.1) is 0 Å². The van der Waals surface area contributed by atoms with Crippen LogP contribution in [0.15, 0.2) is 23.3 Å². The number of benzene rings is 1. The van der Waals surface area contributed by atoms with Gasteiger partial charge in [-0.25, -0.2) is 0 Å². The van der Waals surface area contributed by atoms with Crippen molar-refractivity contribution >= 4 is 23.5 Å². The zero-order valence-electron chi connectivity index (χ0n) is 12.4. The Balaban J connectivity index is 2.94. The van der Waals surface area contributed by atoms with Crippen molar-refractivity contribution in [3.05, 3.63) is 29.3 Å². The quantitative estimate of drug-likeness (QED) is 0.475. The number of nitrogens with zero attached hydrogens (tertiary/aromatic N) is 2. The van der Waals surface area contributed by atoms with E-state index in [0.29, 0.717) is 0 Å². The second-order valence-corrected chi connectivity index (χ2v) is 5.45. The number of nitrogens with two attached hydrogens (primary N) is 1. The van der Waals surface area contributed by atoms with Gasteiger partial charge in [0.05, 0.1) is 12.3 Å². The number of hydrogen-bond acceptors (Lipinski definition) is 4. The van der Waals surface area contributed by atoms with E-state index in [-0.39, 0.29) is 11.2 Å². The first-order valence-electron chi connectivity index (χ1n) is 6.41. The summed E-state index contributed by atoms with van der Waals surface area (Å²) in [7, 11) is 4.04. The smallest absolute Gasteiger partial charge is 0.184 e. The van der Waals surface area contributed by atoms with Gasteiger partial charge in [0.15, 0.2) is 5.11 Å². The molecule has 0 aliphatic heterocycles. The summed E-state index contributed by atoms with van der Waals surface area (Å²) in [5.41, 5.74) is 9.92. The Hall–Kier alpha value is -1.66. The molecule has 0 spiro atoms. The van der Waals surface area contributed by atoms with Crippen LogP contribution >= 0.6 is 12.2 Å². The van der Waals surface area contributed by atoms with E-state index in [4.69, 9.17) is 10.5 Å². The van der Waals surface area contributed by atoms with E-state index in [1.54, 1.807) is 6.21 Å². The van der Waals surface area contributed by atoms with Crippen LogP contribution in [0.2, 0.25) is 0 Å². The SMILES string of the molecule is CC(C)Oc1ccc(C=NNC(N)=S)cc1CN(C)C. The lowest BCUT2D eigenvalue weighted by molar-refractivity contribution is 0.236. The summed E-state index contributed by atoms with van der Waals surface area (Å²) in [6.07, 6.45) is 1.82. The van der Waals surface area contributed by atoms with Crippen LogP contribution in [0.25, 0.3) is 0 Å². The lowest BCUT2D eigenvalue weighted by Crippen LogP contribution is -2.24. The second kappa shape index (κ2) is 7.81. The molecule has 0 bridgehead atoms. The summed E-state index contributed by atoms with van der Waals surface area (Å²) in [4.78, 5) is 2.09. The number of nitrogens with one attached hydrogen (secondary N) is 1. The summed E-state index contributed by atoms with van der Waals surface area (Å²) in [5.74, 6) is 0.896. The van der Waals surface area contributed by atoms with Gasteiger partial charge in [-0.1, -0.05) is 0 Å². The van der Waals surface area contributed by atoms with Gasteiger partial charge in [-0.2, -0.15) is 5.10 Å². The molecule has 6 heteroatoms. The maximum atomic E-state index is 5.82. The molecule has 1 aromatic carbocycles. The molecule has 110 valence electrons. The van der Waals surface area contributed by atoms with E-state index in [9.17, 15) is 0 Å². The average molecular weight is 294 g/mol. The Morgan fingerprint density at radius 1 is 1.50 bits per heavy atom. The third-order valence-corrected chi connectivity index (χ3v) is 2.41. The van der Waals surface area contributed by atoms with Gasteiger partial charge in [-0.05, 0) is 63.9 Å². The summed E-state index contributed by atoms with van der Waals surface area (Å²) in [6.45, 7) is 4.83. The Labute approximate surface area is 125 Å². The van der Waals surface area contributed by atoms with E-state index < -0.39 is 0 Å². The Kier molecular flexibility index (Phi) is 6.41. The van der Waals surface area contributed by atoms with Crippen molar-refractivity contribution in [3.8, 4) is 5.75 Å². The summed E-state index contributed by atoms with van der Waals surface area (Å²) in [5, 5.41) is 4.10. The molecular formula is C14H22N4OS. The lowest BCUT2D eigenvalue weighted by atomic mass is 10.1. The van der Waals surface area contributed by atoms with Crippen molar-refractivity contribution in [3.63, 3.8) is 0 Å². The molecule has 0 radical (unpaired) electrons. The molecule has 0 amide bonds. The molecule has 1 rings (SSSR count). The number of rotatable bonds is 6. The van der Waals surface area contributed by atoms with Crippen LogP contribution in [0.5, 0.6) is 5.75 Å². The summed E-state index contributed by atoms with van der Waals surface area (Å²) >= 11 is 4.69. The number of ether oxygens (including phenoxy) is 1. The molecule has 3 N–H and O–H groups in total. The topological polar surface area (TPSA) is 62.9 Å². The molecule has 0 unspecified atom stereocenters. The van der Waals surface area contributed by atoms with Crippen LogP contribution < -0.4 is 15.9 Å². The largest absolute Gasteiger partial charge is 0.491 e. The van der Waals surface area contributed by atoms with Crippen LogP contribution in [-0.2, 0) is 6.54 Å². The predicted octanol–water partition coefficient (Wildman–Crippen LogP) is 1.70. The fraction of sp³-hybridized carbons (Fsp3) is 0.429. The zero-order chi connectivity index (χ0) is 15.1. The highest BCUT2D eigenvalue weighted by Crippen LogP contribution is 2.22. The third kappa shape index (κ3) is 5.99. The Morgan fingerprint density at radius 2 is 2.20 bits per heavy atom. The predicted molar refractivity (Wildman–Crippen MR) is 87.1 cm³/mol. The van der Waals surface area contributed by atoms with E-state index in [2.05, 4.69) is 27.6 Å². The number of hydrazone groups is 1. The zero-order valence-corrected chi connectivity index (χ0v) is 13.2. The maximum absolute atomic E-state index is 5.82. The van der Waals surface area contributed by atoms with Crippen LogP contribution in [0.1, 0.15) is 25.0 Å². The normalized spacial score (nSPS) is 11.3. The summed E-state index contributed by atoms with van der Waals surface area (Å²) < 4.78 is 5.82. The minimum absolute atomic E-state index is 0.145. The van der Waals surface area contributed by atoms with Gasteiger partial charge in [0, 0.05) is 12.1 Å². The van der Waals surface area contributed by atoms with Gasteiger partial charge in [0.1, 0.15) is 5.75 Å². The van der Waals surface area contributed by atoms with Crippen LogP contribution in [0.3, 0.4) is 0 Å². The molecule has 0 heterocycles. The maximum Gasteiger partial charge on any atom is 0.184 e. The third-order valence-electron chi connectivity index (χ3n) is 2.32. The number of hydrogen-bond donors (Lipinski definition) is 2. The molecule has 0 fully saturated rings. The van der Waals surface area contributed by atoms with Crippen molar-refractivity contribution in [1.29, 1.82) is 0 Å². The Morgan fingerprint density at radius 3 is 2.75 bits per heavy atom. The molecule has 0 aromatic heterocycles. The molecule has 0 saturated heterocycles. The molecule has 0 atom stereocenters. The van der Waals surface area contributed by atoms with Gasteiger partial charge in [0.2, 0.25) is 0 Å². The molecular weight excluding hydrogens is 272 g/mol. The molecule has 0 saturated carbocycles. The van der Waals surface area contributed by atoms with Crippen molar-refractivity contribution in [1.82, 2.24) is 10.3 Å². The van der Waals surface area contributed by atoms with E-state index in [1.807, 2.05) is 46.1 Å². The highest BCUT2D eigenvalue weighted by atomic mass is 32.1.